The summed E-state index contributed by atoms with van der Waals surface area (Å²) in [5, 5.41) is 7.52. The predicted octanol–water partition coefficient (Wildman–Crippen LogP) is 5.20. The molecular formula is C18H27NS2. The summed E-state index contributed by atoms with van der Waals surface area (Å²) in [5.41, 5.74) is 1.51. The van der Waals surface area contributed by atoms with Gasteiger partial charge in [-0.2, -0.15) is 11.8 Å². The topological polar surface area (TPSA) is 12.0 Å². The van der Waals surface area contributed by atoms with Crippen molar-refractivity contribution in [1.82, 2.24) is 5.32 Å². The molecular weight excluding hydrogens is 294 g/mol. The van der Waals surface area contributed by atoms with Gasteiger partial charge < -0.3 is 5.32 Å². The maximum Gasteiger partial charge on any atom is 0.0345 e. The number of fused-ring (bicyclic) bond motifs is 1. The Bertz CT molecular complexity index is 533. The van der Waals surface area contributed by atoms with Crippen molar-refractivity contribution in [3.05, 3.63) is 35.2 Å². The van der Waals surface area contributed by atoms with E-state index in [4.69, 9.17) is 0 Å². The third-order valence-electron chi connectivity index (χ3n) is 3.48. The minimum Gasteiger partial charge on any atom is -0.313 e. The van der Waals surface area contributed by atoms with E-state index in [0.717, 1.165) is 18.9 Å². The summed E-state index contributed by atoms with van der Waals surface area (Å²) in [6.07, 6.45) is 2.35. The molecule has 0 aliphatic rings. The Labute approximate surface area is 137 Å². The summed E-state index contributed by atoms with van der Waals surface area (Å²) in [6, 6.07) is 9.37. The monoisotopic (exact) mass is 321 g/mol. The van der Waals surface area contributed by atoms with Crippen LogP contribution in [-0.4, -0.2) is 24.1 Å². The van der Waals surface area contributed by atoms with E-state index >= 15 is 0 Å². The molecule has 0 radical (unpaired) electrons. The summed E-state index contributed by atoms with van der Waals surface area (Å²) in [6.45, 7) is 7.96. The first-order chi connectivity index (χ1) is 10.2. The Morgan fingerprint density at radius 3 is 2.76 bits per heavy atom. The maximum absolute atomic E-state index is 3.73. The Morgan fingerprint density at radius 1 is 1.19 bits per heavy atom. The van der Waals surface area contributed by atoms with Gasteiger partial charge in [-0.3, -0.25) is 0 Å². The Morgan fingerprint density at radius 2 is 2.00 bits per heavy atom. The van der Waals surface area contributed by atoms with Crippen LogP contribution in [0, 0.1) is 5.92 Å². The van der Waals surface area contributed by atoms with Crippen LogP contribution in [0.1, 0.15) is 32.8 Å². The Balaban J connectivity index is 1.99. The first-order valence-electron chi connectivity index (χ1n) is 7.97. The fraction of sp³-hybridized carbons (Fsp3) is 0.556. The van der Waals surface area contributed by atoms with Gasteiger partial charge in [0, 0.05) is 16.5 Å². The molecule has 0 spiro atoms. The molecule has 0 aliphatic heterocycles. The van der Waals surface area contributed by atoms with Gasteiger partial charge in [0.1, 0.15) is 0 Å². The van der Waals surface area contributed by atoms with Crippen molar-refractivity contribution < 1.29 is 0 Å². The van der Waals surface area contributed by atoms with E-state index in [1.165, 1.54) is 33.6 Å². The molecule has 0 aliphatic carbocycles. The van der Waals surface area contributed by atoms with E-state index in [0.29, 0.717) is 6.04 Å². The zero-order chi connectivity index (χ0) is 15.1. The van der Waals surface area contributed by atoms with E-state index in [1.54, 1.807) is 0 Å². The van der Waals surface area contributed by atoms with Gasteiger partial charge in [-0.15, -0.1) is 11.3 Å². The zero-order valence-corrected chi connectivity index (χ0v) is 15.0. The smallest absolute Gasteiger partial charge is 0.0345 e. The number of thiophene rings is 1. The molecule has 0 bridgehead atoms. The Kier molecular flexibility index (Phi) is 7.08. The molecule has 3 heteroatoms. The van der Waals surface area contributed by atoms with Crippen LogP contribution in [0.2, 0.25) is 0 Å². The van der Waals surface area contributed by atoms with Crippen molar-refractivity contribution >= 4 is 33.2 Å². The van der Waals surface area contributed by atoms with Gasteiger partial charge in [0.2, 0.25) is 0 Å². The SMILES string of the molecule is CCCNC(CSCC(C)C)Cc1csc2ccccc12. The van der Waals surface area contributed by atoms with Crippen LogP contribution < -0.4 is 5.32 Å². The molecule has 1 aromatic carbocycles. The minimum atomic E-state index is 0.590. The highest BCUT2D eigenvalue weighted by molar-refractivity contribution is 7.99. The van der Waals surface area contributed by atoms with Crippen molar-refractivity contribution in [2.24, 2.45) is 5.92 Å². The number of rotatable bonds is 9. The first kappa shape index (κ1) is 16.9. The van der Waals surface area contributed by atoms with Gasteiger partial charge in [0.25, 0.3) is 0 Å². The van der Waals surface area contributed by atoms with E-state index in [2.05, 4.69) is 67.5 Å². The molecule has 2 aromatic rings. The number of hydrogen-bond acceptors (Lipinski definition) is 3. The van der Waals surface area contributed by atoms with Crippen LogP contribution in [-0.2, 0) is 6.42 Å². The third kappa shape index (κ3) is 5.32. The van der Waals surface area contributed by atoms with Crippen LogP contribution in [0.15, 0.2) is 29.6 Å². The highest BCUT2D eigenvalue weighted by Crippen LogP contribution is 2.27. The van der Waals surface area contributed by atoms with Crippen LogP contribution in [0.5, 0.6) is 0 Å². The lowest BCUT2D eigenvalue weighted by atomic mass is 10.1. The molecule has 0 saturated heterocycles. The highest BCUT2D eigenvalue weighted by atomic mass is 32.2. The standard InChI is InChI=1S/C18H27NS2/c1-4-9-19-16(13-20-11-14(2)3)10-15-12-21-18-8-6-5-7-17(15)18/h5-8,12,14,16,19H,4,9-11,13H2,1-3H3. The molecule has 116 valence electrons. The van der Waals surface area contributed by atoms with Gasteiger partial charge in [-0.25, -0.2) is 0 Å². The molecule has 1 aromatic heterocycles. The molecule has 1 N–H and O–H groups in total. The normalized spacial score (nSPS) is 13.1. The second kappa shape index (κ2) is 8.82. The second-order valence-corrected chi connectivity index (χ2v) is 8.03. The molecule has 21 heavy (non-hydrogen) atoms. The molecule has 0 amide bonds. The van der Waals surface area contributed by atoms with E-state index in [-0.39, 0.29) is 0 Å². The summed E-state index contributed by atoms with van der Waals surface area (Å²) < 4.78 is 1.41. The lowest BCUT2D eigenvalue weighted by molar-refractivity contribution is 0.551. The fourth-order valence-electron chi connectivity index (χ4n) is 2.44. The number of nitrogens with one attached hydrogen (secondary N) is 1. The van der Waals surface area contributed by atoms with Crippen LogP contribution in [0.3, 0.4) is 0 Å². The average molecular weight is 322 g/mol. The largest absolute Gasteiger partial charge is 0.313 e. The van der Waals surface area contributed by atoms with E-state index in [1.807, 2.05) is 11.3 Å². The molecule has 1 atom stereocenters. The lowest BCUT2D eigenvalue weighted by Crippen LogP contribution is -2.34. The average Bonchev–Trinajstić information content (AvgIpc) is 2.87. The molecule has 0 saturated carbocycles. The molecule has 1 unspecified atom stereocenters. The molecule has 1 nitrogen and oxygen atoms in total. The van der Waals surface area contributed by atoms with Gasteiger partial charge >= 0.3 is 0 Å². The molecule has 0 fully saturated rings. The Hall–Kier alpha value is -0.510. The third-order valence-corrected chi connectivity index (χ3v) is 6.03. The zero-order valence-electron chi connectivity index (χ0n) is 13.4. The quantitative estimate of drug-likeness (QED) is 0.681. The van der Waals surface area contributed by atoms with E-state index in [9.17, 15) is 0 Å². The lowest BCUT2D eigenvalue weighted by Gasteiger charge is -2.18. The summed E-state index contributed by atoms with van der Waals surface area (Å²) >= 11 is 3.96. The maximum atomic E-state index is 3.73. The summed E-state index contributed by atoms with van der Waals surface area (Å²) in [7, 11) is 0. The van der Waals surface area contributed by atoms with Crippen molar-refractivity contribution in [1.29, 1.82) is 0 Å². The van der Waals surface area contributed by atoms with Crippen LogP contribution >= 0.6 is 23.1 Å². The van der Waals surface area contributed by atoms with Crippen molar-refractivity contribution in [2.45, 2.75) is 39.7 Å². The predicted molar refractivity (Wildman–Crippen MR) is 99.8 cm³/mol. The van der Waals surface area contributed by atoms with E-state index < -0.39 is 0 Å². The number of hydrogen-bond donors (Lipinski definition) is 1. The molecule has 2 rings (SSSR count). The summed E-state index contributed by atoms with van der Waals surface area (Å²) in [4.78, 5) is 0. The van der Waals surface area contributed by atoms with Crippen molar-refractivity contribution in [3.63, 3.8) is 0 Å². The van der Waals surface area contributed by atoms with Gasteiger partial charge in [-0.1, -0.05) is 39.0 Å². The summed E-state index contributed by atoms with van der Waals surface area (Å²) in [5.74, 6) is 3.25. The number of benzene rings is 1. The minimum absolute atomic E-state index is 0.590. The van der Waals surface area contributed by atoms with Crippen LogP contribution in [0.25, 0.3) is 10.1 Å². The van der Waals surface area contributed by atoms with Gasteiger partial charge in [-0.05, 0) is 53.5 Å². The van der Waals surface area contributed by atoms with Crippen LogP contribution in [0.4, 0.5) is 0 Å². The number of thioether (sulfide) groups is 1. The highest BCUT2D eigenvalue weighted by Gasteiger charge is 2.12. The molecule has 1 heterocycles. The van der Waals surface area contributed by atoms with Crippen molar-refractivity contribution in [2.75, 3.05) is 18.1 Å². The second-order valence-electron chi connectivity index (χ2n) is 6.04. The van der Waals surface area contributed by atoms with Gasteiger partial charge in [0.15, 0.2) is 0 Å². The first-order valence-corrected chi connectivity index (χ1v) is 10.00. The van der Waals surface area contributed by atoms with Crippen molar-refractivity contribution in [3.8, 4) is 0 Å². The fourth-order valence-corrected chi connectivity index (χ4v) is 4.54. The van der Waals surface area contributed by atoms with Gasteiger partial charge in [0.05, 0.1) is 0 Å².